The first-order valence-corrected chi connectivity index (χ1v) is 12.3. The van der Waals surface area contributed by atoms with Gasteiger partial charge in [-0.1, -0.05) is 31.7 Å². The van der Waals surface area contributed by atoms with E-state index in [0.717, 1.165) is 44.9 Å². The maximum Gasteiger partial charge on any atom is 0.339 e. The number of nitrogens with zero attached hydrogens (tertiary/aromatic N) is 1. The van der Waals surface area contributed by atoms with Crippen LogP contribution in [0, 0.1) is 6.92 Å². The lowest BCUT2D eigenvalue weighted by Gasteiger charge is -2.26. The number of piperidine rings is 1. The maximum atomic E-state index is 12.9. The van der Waals surface area contributed by atoms with Crippen LogP contribution in [0.2, 0.25) is 0 Å². The van der Waals surface area contributed by atoms with Gasteiger partial charge in [0, 0.05) is 19.1 Å². The lowest BCUT2D eigenvalue weighted by molar-refractivity contribution is -0.130. The Morgan fingerprint density at radius 2 is 1.70 bits per heavy atom. The SMILES string of the molecule is Cc1ccc(S(=O)(=O)N2CCCCC2)cc1C(=O)O[C@@H](C)C(=O)NC1CCCCC1. The lowest BCUT2D eigenvalue weighted by atomic mass is 9.95. The molecule has 7 nitrogen and oxygen atoms in total. The van der Waals surface area contributed by atoms with Crippen molar-refractivity contribution in [2.45, 2.75) is 82.3 Å². The lowest BCUT2D eigenvalue weighted by Crippen LogP contribution is -2.42. The molecule has 1 aromatic rings. The molecule has 8 heteroatoms. The zero-order chi connectivity index (χ0) is 21.7. The van der Waals surface area contributed by atoms with Crippen LogP contribution in [0.4, 0.5) is 0 Å². The maximum absolute atomic E-state index is 12.9. The summed E-state index contributed by atoms with van der Waals surface area (Å²) in [6, 6.07) is 4.63. The highest BCUT2D eigenvalue weighted by molar-refractivity contribution is 7.89. The highest BCUT2D eigenvalue weighted by Crippen LogP contribution is 2.23. The van der Waals surface area contributed by atoms with Crippen LogP contribution in [0.1, 0.15) is 74.2 Å². The first-order valence-electron chi connectivity index (χ1n) is 10.9. The van der Waals surface area contributed by atoms with E-state index in [1.165, 1.54) is 22.9 Å². The van der Waals surface area contributed by atoms with Gasteiger partial charge in [0.2, 0.25) is 10.0 Å². The number of rotatable bonds is 6. The van der Waals surface area contributed by atoms with Gasteiger partial charge < -0.3 is 10.1 Å². The molecule has 0 spiro atoms. The number of hydrogen-bond donors (Lipinski definition) is 1. The van der Waals surface area contributed by atoms with Gasteiger partial charge in [0.1, 0.15) is 0 Å². The van der Waals surface area contributed by atoms with Crippen molar-refractivity contribution in [3.05, 3.63) is 29.3 Å². The van der Waals surface area contributed by atoms with Crippen LogP contribution in [0.25, 0.3) is 0 Å². The third kappa shape index (κ3) is 5.40. The molecule has 1 atom stereocenters. The number of sulfonamides is 1. The van der Waals surface area contributed by atoms with Crippen LogP contribution in [0.5, 0.6) is 0 Å². The van der Waals surface area contributed by atoms with Crippen molar-refractivity contribution in [2.24, 2.45) is 0 Å². The van der Waals surface area contributed by atoms with E-state index in [2.05, 4.69) is 5.32 Å². The van der Waals surface area contributed by atoms with Crippen molar-refractivity contribution < 1.29 is 22.7 Å². The fourth-order valence-electron chi connectivity index (χ4n) is 4.08. The zero-order valence-electron chi connectivity index (χ0n) is 17.9. The summed E-state index contributed by atoms with van der Waals surface area (Å²) in [5.74, 6) is -1.00. The Bertz CT molecular complexity index is 872. The largest absolute Gasteiger partial charge is 0.449 e. The van der Waals surface area contributed by atoms with Crippen molar-refractivity contribution >= 4 is 21.9 Å². The molecule has 1 aromatic carbocycles. The molecule has 3 rings (SSSR count). The second-order valence-corrected chi connectivity index (χ2v) is 10.3. The van der Waals surface area contributed by atoms with E-state index >= 15 is 0 Å². The third-order valence-electron chi connectivity index (χ3n) is 5.99. The molecule has 2 fully saturated rings. The van der Waals surface area contributed by atoms with Gasteiger partial charge in [0.05, 0.1) is 10.5 Å². The van der Waals surface area contributed by atoms with E-state index < -0.39 is 22.1 Å². The van der Waals surface area contributed by atoms with Crippen LogP contribution in [-0.2, 0) is 19.6 Å². The predicted octanol–water partition coefficient (Wildman–Crippen LogP) is 3.16. The van der Waals surface area contributed by atoms with Gasteiger partial charge in [-0.3, -0.25) is 4.79 Å². The van der Waals surface area contributed by atoms with E-state index in [0.29, 0.717) is 18.7 Å². The molecular weight excluding hydrogens is 404 g/mol. The summed E-state index contributed by atoms with van der Waals surface area (Å²) < 4.78 is 32.7. The summed E-state index contributed by atoms with van der Waals surface area (Å²) in [7, 11) is -3.65. The highest BCUT2D eigenvalue weighted by atomic mass is 32.2. The second kappa shape index (κ2) is 9.92. The summed E-state index contributed by atoms with van der Waals surface area (Å²) in [6.07, 6.45) is 7.03. The summed E-state index contributed by atoms with van der Waals surface area (Å²) in [5, 5.41) is 2.95. The fraction of sp³-hybridized carbons (Fsp3) is 0.636. The number of aryl methyl sites for hydroxylation is 1. The van der Waals surface area contributed by atoms with Crippen molar-refractivity contribution in [2.75, 3.05) is 13.1 Å². The van der Waals surface area contributed by atoms with Gasteiger partial charge in [-0.2, -0.15) is 4.31 Å². The molecule has 0 aromatic heterocycles. The Balaban J connectivity index is 1.69. The number of carbonyl (C=O) groups excluding carboxylic acids is 2. The van der Waals surface area contributed by atoms with Gasteiger partial charge in [-0.25, -0.2) is 13.2 Å². The zero-order valence-corrected chi connectivity index (χ0v) is 18.7. The average Bonchev–Trinajstić information content (AvgIpc) is 2.75. The number of amides is 1. The smallest absolute Gasteiger partial charge is 0.339 e. The predicted molar refractivity (Wildman–Crippen MR) is 114 cm³/mol. The Hall–Kier alpha value is -1.93. The van der Waals surface area contributed by atoms with Gasteiger partial charge in [0.15, 0.2) is 6.10 Å². The first-order chi connectivity index (χ1) is 14.3. The monoisotopic (exact) mass is 436 g/mol. The molecule has 166 valence electrons. The molecular formula is C22H32N2O5S. The van der Waals surface area contributed by atoms with Crippen LogP contribution in [0.3, 0.4) is 0 Å². The van der Waals surface area contributed by atoms with Crippen molar-refractivity contribution in [1.29, 1.82) is 0 Å². The minimum atomic E-state index is -3.65. The number of ether oxygens (including phenoxy) is 1. The number of benzene rings is 1. The Kier molecular flexibility index (Phi) is 7.52. The van der Waals surface area contributed by atoms with Crippen molar-refractivity contribution in [3.63, 3.8) is 0 Å². The van der Waals surface area contributed by atoms with E-state index in [9.17, 15) is 18.0 Å². The molecule has 1 aliphatic carbocycles. The van der Waals surface area contributed by atoms with E-state index in [1.54, 1.807) is 19.9 Å². The molecule has 1 amide bonds. The summed E-state index contributed by atoms with van der Waals surface area (Å²) >= 11 is 0. The average molecular weight is 437 g/mol. The van der Waals surface area contributed by atoms with Crippen molar-refractivity contribution in [3.8, 4) is 0 Å². The quantitative estimate of drug-likeness (QED) is 0.692. The molecule has 0 radical (unpaired) electrons. The van der Waals surface area contributed by atoms with Crippen LogP contribution < -0.4 is 5.32 Å². The van der Waals surface area contributed by atoms with Crippen molar-refractivity contribution in [1.82, 2.24) is 9.62 Å². The third-order valence-corrected chi connectivity index (χ3v) is 7.88. The highest BCUT2D eigenvalue weighted by Gasteiger charge is 2.28. The molecule has 0 unspecified atom stereocenters. The van der Waals surface area contributed by atoms with Crippen LogP contribution >= 0.6 is 0 Å². The van der Waals surface area contributed by atoms with E-state index in [1.807, 2.05) is 0 Å². The van der Waals surface area contributed by atoms with Gasteiger partial charge in [-0.15, -0.1) is 0 Å². The first kappa shape index (κ1) is 22.7. The van der Waals surface area contributed by atoms with Gasteiger partial charge in [-0.05, 0) is 57.2 Å². The van der Waals surface area contributed by atoms with E-state index in [4.69, 9.17) is 4.74 Å². The normalized spacial score (nSPS) is 19.8. The molecule has 0 bridgehead atoms. The number of esters is 1. The minimum absolute atomic E-state index is 0.0845. The van der Waals surface area contributed by atoms with E-state index in [-0.39, 0.29) is 22.4 Å². The van der Waals surface area contributed by atoms with Gasteiger partial charge >= 0.3 is 5.97 Å². The standard InChI is InChI=1S/C22H32N2O5S/c1-16-11-12-19(30(27,28)24-13-7-4-8-14-24)15-20(16)22(26)29-17(2)21(25)23-18-9-5-3-6-10-18/h11-12,15,17-18H,3-10,13-14H2,1-2H3,(H,23,25)/t17-/m0/s1. The number of nitrogens with one attached hydrogen (secondary N) is 1. The number of carbonyl (C=O) groups is 2. The second-order valence-electron chi connectivity index (χ2n) is 8.33. The molecule has 1 saturated heterocycles. The minimum Gasteiger partial charge on any atom is -0.449 e. The van der Waals surface area contributed by atoms with Gasteiger partial charge in [0.25, 0.3) is 5.91 Å². The Labute approximate surface area is 179 Å². The molecule has 1 saturated carbocycles. The molecule has 30 heavy (non-hydrogen) atoms. The Morgan fingerprint density at radius 3 is 2.37 bits per heavy atom. The Morgan fingerprint density at radius 1 is 1.07 bits per heavy atom. The molecule has 1 heterocycles. The topological polar surface area (TPSA) is 92.8 Å². The van der Waals surface area contributed by atoms with Crippen LogP contribution in [0.15, 0.2) is 23.1 Å². The van der Waals surface area contributed by atoms with Crippen LogP contribution in [-0.4, -0.2) is 49.8 Å². The number of hydrogen-bond acceptors (Lipinski definition) is 5. The summed E-state index contributed by atoms with van der Waals surface area (Å²) in [6.45, 7) is 4.25. The summed E-state index contributed by atoms with van der Waals surface area (Å²) in [4.78, 5) is 25.2. The molecule has 2 aliphatic rings. The summed E-state index contributed by atoms with van der Waals surface area (Å²) in [5.41, 5.74) is 0.780. The fourth-order valence-corrected chi connectivity index (χ4v) is 5.62. The molecule has 1 aliphatic heterocycles. The molecule has 1 N–H and O–H groups in total.